The monoisotopic (exact) mass is 495 g/mol. The zero-order valence-corrected chi connectivity index (χ0v) is 20.3. The molecule has 3 rings (SSSR count). The summed E-state index contributed by atoms with van der Waals surface area (Å²) in [5.41, 5.74) is 2.91. The Hall–Kier alpha value is -1.57. The molecule has 0 unspecified atom stereocenters. The van der Waals surface area contributed by atoms with Crippen molar-refractivity contribution >= 4 is 29.9 Å². The van der Waals surface area contributed by atoms with Crippen LogP contribution in [0.4, 0.5) is 0 Å². The molecule has 1 fully saturated rings. The summed E-state index contributed by atoms with van der Waals surface area (Å²) in [6.45, 7) is 16.9. The molecule has 5 nitrogen and oxygen atoms in total. The van der Waals surface area contributed by atoms with Crippen LogP contribution in [0.3, 0.4) is 0 Å². The number of nitrogens with zero attached hydrogens (tertiary/aromatic N) is 4. The summed E-state index contributed by atoms with van der Waals surface area (Å²) in [5, 5.41) is 3.47. The van der Waals surface area contributed by atoms with Crippen LogP contribution in [0, 0.1) is 12.3 Å². The van der Waals surface area contributed by atoms with Gasteiger partial charge in [0, 0.05) is 43.0 Å². The molecule has 28 heavy (non-hydrogen) atoms. The van der Waals surface area contributed by atoms with Crippen LogP contribution < -0.4 is 5.32 Å². The maximum absolute atomic E-state index is 4.93. The van der Waals surface area contributed by atoms with Gasteiger partial charge in [-0.2, -0.15) is 0 Å². The van der Waals surface area contributed by atoms with Crippen molar-refractivity contribution in [3.05, 3.63) is 53.6 Å². The SMILES string of the molecule is CCNC(=NCc1cccc(Cn2ccnc2C)c1)N1CC(C)(C)C1(C)C.I. The molecule has 1 aliphatic rings. The predicted octanol–water partition coefficient (Wildman–Crippen LogP) is 4.44. The molecule has 0 bridgehead atoms. The van der Waals surface area contributed by atoms with Crippen molar-refractivity contribution in [1.29, 1.82) is 0 Å². The van der Waals surface area contributed by atoms with Gasteiger partial charge < -0.3 is 14.8 Å². The highest BCUT2D eigenvalue weighted by Gasteiger charge is 2.53. The minimum Gasteiger partial charge on any atom is -0.356 e. The van der Waals surface area contributed by atoms with E-state index in [2.05, 4.69) is 78.7 Å². The van der Waals surface area contributed by atoms with Crippen LogP contribution in [0.2, 0.25) is 0 Å². The Kier molecular flexibility index (Phi) is 7.17. The molecule has 2 heterocycles. The first-order chi connectivity index (χ1) is 12.7. The average Bonchev–Trinajstić information content (AvgIpc) is 3.02. The van der Waals surface area contributed by atoms with Gasteiger partial charge in [0.2, 0.25) is 0 Å². The number of imidazole rings is 1. The number of likely N-dealkylation sites (tertiary alicyclic amines) is 1. The first kappa shape index (κ1) is 22.7. The Morgan fingerprint density at radius 1 is 1.21 bits per heavy atom. The third-order valence-corrected chi connectivity index (χ3v) is 6.15. The van der Waals surface area contributed by atoms with Crippen LogP contribution in [-0.2, 0) is 13.1 Å². The lowest BCUT2D eigenvalue weighted by molar-refractivity contribution is -0.0667. The molecule has 1 aromatic carbocycles. The number of hydrogen-bond donors (Lipinski definition) is 1. The van der Waals surface area contributed by atoms with E-state index in [-0.39, 0.29) is 29.5 Å². The predicted molar refractivity (Wildman–Crippen MR) is 127 cm³/mol. The van der Waals surface area contributed by atoms with Crippen molar-refractivity contribution < 1.29 is 0 Å². The van der Waals surface area contributed by atoms with Crippen LogP contribution in [0.15, 0.2) is 41.7 Å². The number of halogens is 1. The third-order valence-electron chi connectivity index (χ3n) is 6.15. The minimum atomic E-state index is 0. The van der Waals surface area contributed by atoms with Gasteiger partial charge in [-0.1, -0.05) is 38.1 Å². The van der Waals surface area contributed by atoms with E-state index in [9.17, 15) is 0 Å². The lowest BCUT2D eigenvalue weighted by atomic mass is 9.65. The fraction of sp³-hybridized carbons (Fsp3) is 0.545. The molecule has 1 saturated heterocycles. The van der Waals surface area contributed by atoms with Crippen molar-refractivity contribution in [3.8, 4) is 0 Å². The Morgan fingerprint density at radius 2 is 1.93 bits per heavy atom. The van der Waals surface area contributed by atoms with E-state index in [1.807, 2.05) is 19.3 Å². The second-order valence-electron chi connectivity index (χ2n) is 8.62. The summed E-state index contributed by atoms with van der Waals surface area (Å²) in [5.74, 6) is 2.05. The third kappa shape index (κ3) is 4.53. The van der Waals surface area contributed by atoms with Gasteiger partial charge in [0.25, 0.3) is 0 Å². The van der Waals surface area contributed by atoms with Crippen molar-refractivity contribution in [2.45, 2.75) is 60.2 Å². The van der Waals surface area contributed by atoms with Crippen LogP contribution in [0.25, 0.3) is 0 Å². The summed E-state index contributed by atoms with van der Waals surface area (Å²) in [7, 11) is 0. The van der Waals surface area contributed by atoms with Crippen molar-refractivity contribution in [2.75, 3.05) is 13.1 Å². The lowest BCUT2D eigenvalue weighted by Crippen LogP contribution is -2.72. The largest absolute Gasteiger partial charge is 0.356 e. The number of hydrogen-bond acceptors (Lipinski definition) is 2. The van der Waals surface area contributed by atoms with Gasteiger partial charge in [0.05, 0.1) is 6.54 Å². The van der Waals surface area contributed by atoms with Gasteiger partial charge >= 0.3 is 0 Å². The second kappa shape index (κ2) is 8.84. The quantitative estimate of drug-likeness (QED) is 0.379. The van der Waals surface area contributed by atoms with Gasteiger partial charge in [-0.25, -0.2) is 9.98 Å². The molecule has 0 amide bonds. The number of rotatable bonds is 5. The van der Waals surface area contributed by atoms with E-state index >= 15 is 0 Å². The molecule has 1 aliphatic heterocycles. The molecular formula is C22H34IN5. The highest BCUT2D eigenvalue weighted by atomic mass is 127. The van der Waals surface area contributed by atoms with Crippen molar-refractivity contribution in [1.82, 2.24) is 19.8 Å². The second-order valence-corrected chi connectivity index (χ2v) is 8.62. The van der Waals surface area contributed by atoms with Crippen LogP contribution in [0.5, 0.6) is 0 Å². The van der Waals surface area contributed by atoms with Crippen molar-refractivity contribution in [3.63, 3.8) is 0 Å². The molecule has 0 spiro atoms. The molecule has 0 saturated carbocycles. The summed E-state index contributed by atoms with van der Waals surface area (Å²) in [6.07, 6.45) is 3.87. The minimum absolute atomic E-state index is 0. The van der Waals surface area contributed by atoms with E-state index in [1.54, 1.807) is 0 Å². The zero-order chi connectivity index (χ0) is 19.7. The topological polar surface area (TPSA) is 45.5 Å². The fourth-order valence-corrected chi connectivity index (χ4v) is 3.55. The smallest absolute Gasteiger partial charge is 0.194 e. The highest BCUT2D eigenvalue weighted by molar-refractivity contribution is 14.0. The summed E-state index contributed by atoms with van der Waals surface area (Å²) >= 11 is 0. The molecular weight excluding hydrogens is 461 g/mol. The van der Waals surface area contributed by atoms with E-state index in [0.717, 1.165) is 31.4 Å². The average molecular weight is 495 g/mol. The number of guanidine groups is 1. The van der Waals surface area contributed by atoms with E-state index in [0.29, 0.717) is 12.0 Å². The molecule has 2 aromatic rings. The number of benzene rings is 1. The number of aryl methyl sites for hydroxylation is 1. The van der Waals surface area contributed by atoms with Gasteiger partial charge in [0.15, 0.2) is 5.96 Å². The van der Waals surface area contributed by atoms with Gasteiger partial charge in [-0.05, 0) is 38.8 Å². The fourth-order valence-electron chi connectivity index (χ4n) is 3.55. The molecule has 1 aromatic heterocycles. The van der Waals surface area contributed by atoms with Gasteiger partial charge in [0.1, 0.15) is 5.82 Å². The van der Waals surface area contributed by atoms with Gasteiger partial charge in [-0.3, -0.25) is 0 Å². The highest BCUT2D eigenvalue weighted by Crippen LogP contribution is 2.46. The number of nitrogens with one attached hydrogen (secondary N) is 1. The standard InChI is InChI=1S/C22H33N5.HI/c1-7-23-20(27-16-21(3,4)22(27,5)6)25-14-18-9-8-10-19(13-18)15-26-12-11-24-17(26)2;/h8-13H,7,14-16H2,1-6H3,(H,23,25);1H. The van der Waals surface area contributed by atoms with Crippen LogP contribution >= 0.6 is 24.0 Å². The zero-order valence-electron chi connectivity index (χ0n) is 18.0. The molecule has 0 atom stereocenters. The Morgan fingerprint density at radius 3 is 2.50 bits per heavy atom. The Labute approximate surface area is 186 Å². The van der Waals surface area contributed by atoms with Crippen LogP contribution in [-0.4, -0.2) is 39.0 Å². The van der Waals surface area contributed by atoms with E-state index in [1.165, 1.54) is 11.1 Å². The first-order valence-corrected chi connectivity index (χ1v) is 9.86. The molecule has 1 N–H and O–H groups in total. The molecule has 0 radical (unpaired) electrons. The first-order valence-electron chi connectivity index (χ1n) is 9.86. The van der Waals surface area contributed by atoms with Gasteiger partial charge in [-0.15, -0.1) is 24.0 Å². The van der Waals surface area contributed by atoms with E-state index < -0.39 is 0 Å². The normalized spacial score (nSPS) is 17.6. The molecule has 6 heteroatoms. The maximum atomic E-state index is 4.93. The molecule has 154 valence electrons. The van der Waals surface area contributed by atoms with E-state index in [4.69, 9.17) is 4.99 Å². The molecule has 0 aliphatic carbocycles. The Bertz CT molecular complexity index is 822. The number of aliphatic imine (C=N–C) groups is 1. The summed E-state index contributed by atoms with van der Waals surface area (Å²) in [4.78, 5) is 11.6. The summed E-state index contributed by atoms with van der Waals surface area (Å²) in [6, 6.07) is 8.69. The summed E-state index contributed by atoms with van der Waals surface area (Å²) < 4.78 is 2.16. The Balaban J connectivity index is 0.00000280. The lowest BCUT2D eigenvalue weighted by Gasteiger charge is -2.62. The van der Waals surface area contributed by atoms with Crippen LogP contribution in [0.1, 0.15) is 51.6 Å². The maximum Gasteiger partial charge on any atom is 0.194 e. The number of aromatic nitrogens is 2. The van der Waals surface area contributed by atoms with Crippen molar-refractivity contribution in [2.24, 2.45) is 10.4 Å².